The fraction of sp³-hybridized carbons (Fsp3) is 0.400. The number of H-pyrrole nitrogens is 1. The Kier molecular flexibility index (Phi) is 4.62. The van der Waals surface area contributed by atoms with E-state index in [0.29, 0.717) is 0 Å². The summed E-state index contributed by atoms with van der Waals surface area (Å²) in [7, 11) is 0. The summed E-state index contributed by atoms with van der Waals surface area (Å²) in [5.74, 6) is 2.95. The van der Waals surface area contributed by atoms with Gasteiger partial charge in [-0.2, -0.15) is 21.4 Å². The van der Waals surface area contributed by atoms with E-state index in [1.807, 2.05) is 22.3 Å². The van der Waals surface area contributed by atoms with Gasteiger partial charge < -0.3 is 10.3 Å². The van der Waals surface area contributed by atoms with Crippen molar-refractivity contribution in [3.8, 4) is 0 Å². The van der Waals surface area contributed by atoms with Crippen LogP contribution in [0.5, 0.6) is 0 Å². The van der Waals surface area contributed by atoms with E-state index in [-0.39, 0.29) is 0 Å². The lowest BCUT2D eigenvalue weighted by Crippen LogP contribution is -2.10. The first-order valence-corrected chi connectivity index (χ1v) is 8.57. The highest BCUT2D eigenvalue weighted by Crippen LogP contribution is 2.15. The zero-order chi connectivity index (χ0) is 15.4. The Morgan fingerprint density at radius 3 is 3.09 bits per heavy atom. The first kappa shape index (κ1) is 14.9. The van der Waals surface area contributed by atoms with Crippen LogP contribution in [0.1, 0.15) is 24.0 Å². The molecule has 0 spiro atoms. The van der Waals surface area contributed by atoms with Crippen LogP contribution < -0.4 is 5.32 Å². The third kappa shape index (κ3) is 3.24. The second kappa shape index (κ2) is 6.83. The zero-order valence-corrected chi connectivity index (χ0v) is 13.7. The fourth-order valence-electron chi connectivity index (χ4n) is 2.22. The number of aryl methyl sites for hydroxylation is 2. The minimum absolute atomic E-state index is 0.885. The summed E-state index contributed by atoms with van der Waals surface area (Å²) < 4.78 is 1.85. The number of anilines is 1. The van der Waals surface area contributed by atoms with Gasteiger partial charge in [-0.1, -0.05) is 6.92 Å². The van der Waals surface area contributed by atoms with Crippen molar-refractivity contribution in [1.29, 1.82) is 0 Å². The first-order chi connectivity index (χ1) is 10.8. The molecule has 0 bridgehead atoms. The standard InChI is InChI=1S/C15H20N6S/c1-3-12-8-15(21-14(20-12)4-5-19-21)16-6-7-22-9-13-11(2)17-10-18-13/h4-5,8,10,16H,3,6-7,9H2,1-2H3,(H,17,18). The Bertz CT molecular complexity index is 747. The summed E-state index contributed by atoms with van der Waals surface area (Å²) in [5, 5.41) is 7.77. The maximum atomic E-state index is 4.55. The number of aromatic amines is 1. The number of imidazole rings is 1. The molecule has 0 aromatic carbocycles. The molecule has 0 atom stereocenters. The number of aromatic nitrogens is 5. The summed E-state index contributed by atoms with van der Waals surface area (Å²) >= 11 is 1.87. The van der Waals surface area contributed by atoms with Gasteiger partial charge in [0, 0.05) is 41.6 Å². The molecule has 0 aliphatic rings. The van der Waals surface area contributed by atoms with Crippen LogP contribution in [-0.4, -0.2) is 36.9 Å². The number of fused-ring (bicyclic) bond motifs is 1. The summed E-state index contributed by atoms with van der Waals surface area (Å²) in [6, 6.07) is 4.00. The molecule has 7 heteroatoms. The van der Waals surface area contributed by atoms with Crippen molar-refractivity contribution in [2.24, 2.45) is 0 Å². The zero-order valence-electron chi connectivity index (χ0n) is 12.8. The predicted octanol–water partition coefficient (Wildman–Crippen LogP) is 2.67. The van der Waals surface area contributed by atoms with E-state index in [1.54, 1.807) is 12.5 Å². The molecule has 116 valence electrons. The molecule has 0 aliphatic heterocycles. The van der Waals surface area contributed by atoms with E-state index in [9.17, 15) is 0 Å². The van der Waals surface area contributed by atoms with E-state index >= 15 is 0 Å². The summed E-state index contributed by atoms with van der Waals surface area (Å²) in [4.78, 5) is 12.0. The van der Waals surface area contributed by atoms with E-state index in [0.717, 1.165) is 53.0 Å². The van der Waals surface area contributed by atoms with Crippen LogP contribution in [-0.2, 0) is 12.2 Å². The predicted molar refractivity (Wildman–Crippen MR) is 90.3 cm³/mol. The first-order valence-electron chi connectivity index (χ1n) is 7.42. The molecule has 3 rings (SSSR count). The van der Waals surface area contributed by atoms with Crippen LogP contribution in [0.15, 0.2) is 24.7 Å². The largest absolute Gasteiger partial charge is 0.369 e. The molecule has 0 fully saturated rings. The van der Waals surface area contributed by atoms with Crippen LogP contribution in [0.2, 0.25) is 0 Å². The quantitative estimate of drug-likeness (QED) is 0.656. The highest BCUT2D eigenvalue weighted by atomic mass is 32.2. The smallest absolute Gasteiger partial charge is 0.157 e. The summed E-state index contributed by atoms with van der Waals surface area (Å²) in [5.41, 5.74) is 4.26. The van der Waals surface area contributed by atoms with Crippen LogP contribution in [0.25, 0.3) is 5.65 Å². The van der Waals surface area contributed by atoms with E-state index in [4.69, 9.17) is 0 Å². The average Bonchev–Trinajstić information content (AvgIpc) is 3.15. The Morgan fingerprint density at radius 2 is 2.32 bits per heavy atom. The van der Waals surface area contributed by atoms with Gasteiger partial charge in [-0.3, -0.25) is 0 Å². The lowest BCUT2D eigenvalue weighted by Gasteiger charge is -2.09. The van der Waals surface area contributed by atoms with Crippen molar-refractivity contribution < 1.29 is 0 Å². The van der Waals surface area contributed by atoms with Crippen LogP contribution in [0, 0.1) is 6.92 Å². The lowest BCUT2D eigenvalue weighted by atomic mass is 10.3. The van der Waals surface area contributed by atoms with Gasteiger partial charge in [-0.25, -0.2) is 9.97 Å². The molecule has 3 aromatic rings. The molecule has 6 nitrogen and oxygen atoms in total. The Morgan fingerprint density at radius 1 is 1.41 bits per heavy atom. The number of hydrogen-bond donors (Lipinski definition) is 2. The molecule has 0 radical (unpaired) electrons. The van der Waals surface area contributed by atoms with Gasteiger partial charge in [-0.15, -0.1) is 0 Å². The van der Waals surface area contributed by atoms with Gasteiger partial charge in [0.2, 0.25) is 0 Å². The SMILES string of the molecule is CCc1cc(NCCSCc2nc[nH]c2C)n2nccc2n1. The Balaban J connectivity index is 1.55. The van der Waals surface area contributed by atoms with Crippen LogP contribution >= 0.6 is 11.8 Å². The molecule has 0 saturated carbocycles. The van der Waals surface area contributed by atoms with Gasteiger partial charge >= 0.3 is 0 Å². The number of thioether (sulfide) groups is 1. The molecule has 0 saturated heterocycles. The van der Waals surface area contributed by atoms with Gasteiger partial charge in [0.1, 0.15) is 5.82 Å². The molecule has 0 aliphatic carbocycles. The van der Waals surface area contributed by atoms with Crippen molar-refractivity contribution in [3.05, 3.63) is 41.7 Å². The molecule has 3 aromatic heterocycles. The number of nitrogens with one attached hydrogen (secondary N) is 2. The van der Waals surface area contributed by atoms with Crippen LogP contribution in [0.3, 0.4) is 0 Å². The molecule has 0 amide bonds. The van der Waals surface area contributed by atoms with Gasteiger partial charge in [-0.05, 0) is 13.3 Å². The Hall–Kier alpha value is -2.02. The van der Waals surface area contributed by atoms with E-state index in [1.165, 1.54) is 0 Å². The lowest BCUT2D eigenvalue weighted by molar-refractivity contribution is 0.908. The number of rotatable bonds is 7. The van der Waals surface area contributed by atoms with Crippen molar-refractivity contribution in [3.63, 3.8) is 0 Å². The minimum atomic E-state index is 0.885. The minimum Gasteiger partial charge on any atom is -0.369 e. The summed E-state index contributed by atoms with van der Waals surface area (Å²) in [6.07, 6.45) is 4.45. The normalized spacial score (nSPS) is 11.2. The number of hydrogen-bond acceptors (Lipinski definition) is 5. The van der Waals surface area contributed by atoms with E-state index < -0.39 is 0 Å². The van der Waals surface area contributed by atoms with Gasteiger partial charge in [0.25, 0.3) is 0 Å². The Labute approximate surface area is 133 Å². The third-order valence-electron chi connectivity index (χ3n) is 3.50. The molecule has 0 unspecified atom stereocenters. The van der Waals surface area contributed by atoms with Crippen molar-refractivity contribution in [1.82, 2.24) is 24.6 Å². The number of nitrogens with zero attached hydrogens (tertiary/aromatic N) is 4. The fourth-order valence-corrected chi connectivity index (χ4v) is 3.10. The molecular weight excluding hydrogens is 296 g/mol. The second-order valence-electron chi connectivity index (χ2n) is 5.04. The molecular formula is C15H20N6S. The average molecular weight is 316 g/mol. The second-order valence-corrected chi connectivity index (χ2v) is 6.15. The highest BCUT2D eigenvalue weighted by molar-refractivity contribution is 7.98. The summed E-state index contributed by atoms with van der Waals surface area (Å²) in [6.45, 7) is 5.05. The molecule has 3 heterocycles. The van der Waals surface area contributed by atoms with Gasteiger partial charge in [0.05, 0.1) is 18.2 Å². The van der Waals surface area contributed by atoms with Crippen molar-refractivity contribution >= 4 is 23.2 Å². The van der Waals surface area contributed by atoms with E-state index in [2.05, 4.69) is 45.3 Å². The molecule has 22 heavy (non-hydrogen) atoms. The maximum absolute atomic E-state index is 4.55. The highest BCUT2D eigenvalue weighted by Gasteiger charge is 2.05. The topological polar surface area (TPSA) is 70.9 Å². The monoisotopic (exact) mass is 316 g/mol. The molecule has 2 N–H and O–H groups in total. The van der Waals surface area contributed by atoms with Crippen molar-refractivity contribution in [2.45, 2.75) is 26.0 Å². The third-order valence-corrected chi connectivity index (χ3v) is 4.47. The maximum Gasteiger partial charge on any atom is 0.157 e. The van der Waals surface area contributed by atoms with Crippen LogP contribution in [0.4, 0.5) is 5.82 Å². The van der Waals surface area contributed by atoms with Crippen molar-refractivity contribution in [2.75, 3.05) is 17.6 Å². The van der Waals surface area contributed by atoms with Gasteiger partial charge in [0.15, 0.2) is 5.65 Å².